The molecule has 1 heterocycles. The van der Waals surface area contributed by atoms with Gasteiger partial charge in [-0.25, -0.2) is 4.98 Å². The number of oxime groups is 1. The van der Waals surface area contributed by atoms with Crippen molar-refractivity contribution >= 4 is 6.21 Å². The number of aromatic nitrogens is 2. The molecular weight excluding hydrogens is 154 g/mol. The third kappa shape index (κ3) is 2.08. The predicted octanol–water partition coefficient (Wildman–Crippen LogP) is 1.49. The van der Waals surface area contributed by atoms with Gasteiger partial charge in [-0.05, 0) is 6.42 Å². The summed E-state index contributed by atoms with van der Waals surface area (Å²) in [5.74, 6) is 0.700. The van der Waals surface area contributed by atoms with Crippen LogP contribution in [-0.2, 0) is 6.54 Å². The maximum atomic E-state index is 8.30. The van der Waals surface area contributed by atoms with Crippen LogP contribution >= 0.6 is 0 Å². The molecule has 1 N–H and O–H groups in total. The van der Waals surface area contributed by atoms with Crippen molar-refractivity contribution < 1.29 is 5.21 Å². The minimum Gasteiger partial charge on any atom is -0.411 e. The van der Waals surface area contributed by atoms with Gasteiger partial charge >= 0.3 is 0 Å². The van der Waals surface area contributed by atoms with E-state index in [2.05, 4.69) is 17.1 Å². The molecule has 1 rings (SSSR count). The van der Waals surface area contributed by atoms with Gasteiger partial charge in [-0.15, -0.1) is 0 Å². The second-order valence-electron chi connectivity index (χ2n) is 2.58. The molecule has 0 aliphatic rings. The van der Waals surface area contributed by atoms with Gasteiger partial charge in [0.2, 0.25) is 0 Å². The summed E-state index contributed by atoms with van der Waals surface area (Å²) >= 11 is 0. The first-order valence-corrected chi connectivity index (χ1v) is 4.07. The molecule has 66 valence electrons. The second kappa shape index (κ2) is 4.54. The van der Waals surface area contributed by atoms with Crippen molar-refractivity contribution in [3.8, 4) is 0 Å². The number of nitrogens with zero attached hydrogens (tertiary/aromatic N) is 3. The fourth-order valence-corrected chi connectivity index (χ4v) is 1.02. The molecule has 4 nitrogen and oxygen atoms in total. The average Bonchev–Trinajstić information content (AvgIpc) is 2.50. The number of imidazole rings is 1. The van der Waals surface area contributed by atoms with Crippen LogP contribution in [0, 0.1) is 0 Å². The Bertz CT molecular complexity index is 255. The third-order valence-corrected chi connectivity index (χ3v) is 1.67. The van der Waals surface area contributed by atoms with Gasteiger partial charge in [0.1, 0.15) is 6.21 Å². The molecule has 0 bridgehead atoms. The van der Waals surface area contributed by atoms with E-state index in [4.69, 9.17) is 5.21 Å². The van der Waals surface area contributed by atoms with Crippen LogP contribution in [0.15, 0.2) is 17.5 Å². The Morgan fingerprint density at radius 1 is 1.75 bits per heavy atom. The van der Waals surface area contributed by atoms with Crippen LogP contribution in [0.3, 0.4) is 0 Å². The first-order valence-electron chi connectivity index (χ1n) is 4.07. The number of hydrogen-bond donors (Lipinski definition) is 1. The molecule has 0 fully saturated rings. The first kappa shape index (κ1) is 8.77. The zero-order valence-corrected chi connectivity index (χ0v) is 7.14. The van der Waals surface area contributed by atoms with E-state index in [1.54, 1.807) is 6.20 Å². The maximum Gasteiger partial charge on any atom is 0.154 e. The van der Waals surface area contributed by atoms with E-state index in [0.717, 1.165) is 19.4 Å². The SMILES string of the molecule is CCCCn1ccnc1/C=N/O. The molecule has 0 saturated heterocycles. The third-order valence-electron chi connectivity index (χ3n) is 1.67. The number of unbranched alkanes of at least 4 members (excludes halogenated alkanes) is 1. The van der Waals surface area contributed by atoms with Crippen molar-refractivity contribution in [2.75, 3.05) is 0 Å². The fourth-order valence-electron chi connectivity index (χ4n) is 1.02. The van der Waals surface area contributed by atoms with E-state index >= 15 is 0 Å². The molecule has 0 atom stereocenters. The van der Waals surface area contributed by atoms with E-state index in [1.807, 2.05) is 10.8 Å². The zero-order chi connectivity index (χ0) is 8.81. The van der Waals surface area contributed by atoms with E-state index in [9.17, 15) is 0 Å². The van der Waals surface area contributed by atoms with E-state index < -0.39 is 0 Å². The Labute approximate surface area is 71.5 Å². The summed E-state index contributed by atoms with van der Waals surface area (Å²) in [6.07, 6.45) is 7.19. The van der Waals surface area contributed by atoms with Crippen LogP contribution in [0.25, 0.3) is 0 Å². The molecule has 0 aromatic carbocycles. The van der Waals surface area contributed by atoms with Crippen LogP contribution in [0.1, 0.15) is 25.6 Å². The normalized spacial score (nSPS) is 11.1. The van der Waals surface area contributed by atoms with Crippen molar-refractivity contribution in [1.82, 2.24) is 9.55 Å². The Balaban J connectivity index is 2.63. The average molecular weight is 167 g/mol. The van der Waals surface area contributed by atoms with Crippen LogP contribution in [0.5, 0.6) is 0 Å². The van der Waals surface area contributed by atoms with E-state index in [0.29, 0.717) is 5.82 Å². The lowest BCUT2D eigenvalue weighted by atomic mass is 10.3. The highest BCUT2D eigenvalue weighted by Crippen LogP contribution is 1.98. The highest BCUT2D eigenvalue weighted by molar-refractivity contribution is 5.74. The first-order chi connectivity index (χ1) is 5.88. The van der Waals surface area contributed by atoms with Crippen molar-refractivity contribution in [1.29, 1.82) is 0 Å². The van der Waals surface area contributed by atoms with Gasteiger partial charge in [0.05, 0.1) is 0 Å². The van der Waals surface area contributed by atoms with Crippen molar-refractivity contribution in [3.63, 3.8) is 0 Å². The highest BCUT2D eigenvalue weighted by atomic mass is 16.4. The van der Waals surface area contributed by atoms with Gasteiger partial charge in [0.15, 0.2) is 5.82 Å². The van der Waals surface area contributed by atoms with Crippen molar-refractivity contribution in [2.45, 2.75) is 26.3 Å². The number of aryl methyl sites for hydroxylation is 1. The van der Waals surface area contributed by atoms with Crippen LogP contribution in [-0.4, -0.2) is 21.0 Å². The molecule has 0 aliphatic carbocycles. The number of hydrogen-bond acceptors (Lipinski definition) is 3. The molecule has 12 heavy (non-hydrogen) atoms. The van der Waals surface area contributed by atoms with Gasteiger partial charge in [-0.1, -0.05) is 18.5 Å². The summed E-state index contributed by atoms with van der Waals surface area (Å²) < 4.78 is 1.96. The smallest absolute Gasteiger partial charge is 0.154 e. The van der Waals surface area contributed by atoms with Crippen LogP contribution in [0.4, 0.5) is 0 Å². The van der Waals surface area contributed by atoms with Crippen molar-refractivity contribution in [2.24, 2.45) is 5.16 Å². The van der Waals surface area contributed by atoms with Crippen LogP contribution in [0.2, 0.25) is 0 Å². The van der Waals surface area contributed by atoms with Crippen molar-refractivity contribution in [3.05, 3.63) is 18.2 Å². The Hall–Kier alpha value is -1.32. The van der Waals surface area contributed by atoms with E-state index in [1.165, 1.54) is 6.21 Å². The minimum atomic E-state index is 0.700. The van der Waals surface area contributed by atoms with Gasteiger partial charge < -0.3 is 9.77 Å². The maximum absolute atomic E-state index is 8.30. The lowest BCUT2D eigenvalue weighted by Gasteiger charge is -2.01. The van der Waals surface area contributed by atoms with Gasteiger partial charge in [-0.2, -0.15) is 0 Å². The Kier molecular flexibility index (Phi) is 3.32. The Morgan fingerprint density at radius 2 is 2.58 bits per heavy atom. The van der Waals surface area contributed by atoms with Gasteiger partial charge in [0.25, 0.3) is 0 Å². The molecule has 4 heteroatoms. The van der Waals surface area contributed by atoms with E-state index in [-0.39, 0.29) is 0 Å². The molecule has 0 aliphatic heterocycles. The molecule has 0 amide bonds. The molecular formula is C8H13N3O. The highest BCUT2D eigenvalue weighted by Gasteiger charge is 1.97. The lowest BCUT2D eigenvalue weighted by Crippen LogP contribution is -2.01. The summed E-state index contributed by atoms with van der Waals surface area (Å²) in [5, 5.41) is 11.2. The van der Waals surface area contributed by atoms with Crippen LogP contribution < -0.4 is 0 Å². The topological polar surface area (TPSA) is 50.4 Å². The number of rotatable bonds is 4. The molecule has 0 radical (unpaired) electrons. The Morgan fingerprint density at radius 3 is 3.25 bits per heavy atom. The largest absolute Gasteiger partial charge is 0.411 e. The monoisotopic (exact) mass is 167 g/mol. The zero-order valence-electron chi connectivity index (χ0n) is 7.14. The lowest BCUT2D eigenvalue weighted by molar-refractivity contribution is 0.321. The second-order valence-corrected chi connectivity index (χ2v) is 2.58. The molecule has 1 aromatic rings. The van der Waals surface area contributed by atoms with Gasteiger partial charge in [0, 0.05) is 18.9 Å². The molecule has 1 aromatic heterocycles. The summed E-state index contributed by atoms with van der Waals surface area (Å²) in [4.78, 5) is 4.01. The predicted molar refractivity (Wildman–Crippen MR) is 46.5 cm³/mol. The van der Waals surface area contributed by atoms with Gasteiger partial charge in [-0.3, -0.25) is 0 Å². The standard InChI is InChI=1S/C8H13N3O/c1-2-3-5-11-6-4-9-8(11)7-10-12/h4,6-7,12H,2-3,5H2,1H3/b10-7+. The summed E-state index contributed by atoms with van der Waals surface area (Å²) in [5.41, 5.74) is 0. The molecule has 0 spiro atoms. The summed E-state index contributed by atoms with van der Waals surface area (Å²) in [6, 6.07) is 0. The summed E-state index contributed by atoms with van der Waals surface area (Å²) in [7, 11) is 0. The molecule has 0 unspecified atom stereocenters. The molecule has 0 saturated carbocycles. The fraction of sp³-hybridized carbons (Fsp3) is 0.500. The minimum absolute atomic E-state index is 0.700. The quantitative estimate of drug-likeness (QED) is 0.419. The summed E-state index contributed by atoms with van der Waals surface area (Å²) in [6.45, 7) is 3.06.